The molecule has 1 aliphatic rings. The topological polar surface area (TPSA) is 109 Å². The van der Waals surface area contributed by atoms with Crippen LogP contribution in [-0.4, -0.2) is 10.8 Å². The molecule has 7 nitrogen and oxygen atoms in total. The average Bonchev–Trinajstić information content (AvgIpc) is 3.14. The molecule has 1 aromatic heterocycles. The Hall–Kier alpha value is -3.40. The van der Waals surface area contributed by atoms with Crippen molar-refractivity contribution in [2.45, 2.75) is 19.3 Å². The lowest BCUT2D eigenvalue weighted by Crippen LogP contribution is -2.13. The van der Waals surface area contributed by atoms with Crippen molar-refractivity contribution in [1.29, 1.82) is 5.26 Å². The summed E-state index contributed by atoms with van der Waals surface area (Å²) in [6.07, 6.45) is 2.44. The van der Waals surface area contributed by atoms with Crippen LogP contribution in [0.25, 0.3) is 6.08 Å². The number of carbonyl (C=O) groups excluding carboxylic acids is 1. The van der Waals surface area contributed by atoms with E-state index in [2.05, 4.69) is 12.2 Å². The number of benzene rings is 1. The Balaban J connectivity index is 1.75. The summed E-state index contributed by atoms with van der Waals surface area (Å²) in [5.41, 5.74) is -0.0435. The third-order valence-corrected chi connectivity index (χ3v) is 4.09. The second kappa shape index (κ2) is 6.61. The van der Waals surface area contributed by atoms with E-state index in [1.54, 1.807) is 6.07 Å². The zero-order chi connectivity index (χ0) is 18.0. The molecule has 0 aliphatic heterocycles. The van der Waals surface area contributed by atoms with Gasteiger partial charge in [0.15, 0.2) is 0 Å². The zero-order valence-corrected chi connectivity index (χ0v) is 13.4. The van der Waals surface area contributed by atoms with E-state index < -0.39 is 10.8 Å². The highest BCUT2D eigenvalue weighted by Gasteiger charge is 2.36. The molecule has 1 N–H and O–H groups in total. The molecule has 2 atom stereocenters. The number of nitro groups is 1. The summed E-state index contributed by atoms with van der Waals surface area (Å²) in [5.74, 6) is 1.64. The molecular formula is C18H15N3O4. The molecule has 3 rings (SSSR count). The lowest BCUT2D eigenvalue weighted by molar-refractivity contribution is -0.384. The number of nitrogens with one attached hydrogen (secondary N) is 1. The van der Waals surface area contributed by atoms with Gasteiger partial charge in [-0.1, -0.05) is 13.0 Å². The molecule has 1 heterocycles. The standard InChI is InChI=1S/C18H15N3O4/c1-11-7-16(11)17-6-5-15(25-17)8-12(10-19)18(22)20-13-3-2-4-14(9-13)21(23)24/h2-6,8-9,11,16H,7H2,1H3,(H,20,22)/b12-8+. The molecule has 0 spiro atoms. The largest absolute Gasteiger partial charge is 0.461 e. The molecule has 126 valence electrons. The van der Waals surface area contributed by atoms with Crippen LogP contribution in [0.1, 0.15) is 30.8 Å². The third kappa shape index (κ3) is 3.75. The molecule has 1 aliphatic carbocycles. The Bertz CT molecular complexity index is 907. The molecule has 0 saturated heterocycles. The third-order valence-electron chi connectivity index (χ3n) is 4.09. The Morgan fingerprint density at radius 1 is 1.44 bits per heavy atom. The highest BCUT2D eigenvalue weighted by atomic mass is 16.6. The maximum atomic E-state index is 12.2. The second-order valence-electron chi connectivity index (χ2n) is 5.99. The van der Waals surface area contributed by atoms with Gasteiger partial charge in [-0.3, -0.25) is 14.9 Å². The number of amides is 1. The summed E-state index contributed by atoms with van der Waals surface area (Å²) >= 11 is 0. The normalized spacial score (nSPS) is 19.1. The van der Waals surface area contributed by atoms with Crippen molar-refractivity contribution in [1.82, 2.24) is 0 Å². The van der Waals surface area contributed by atoms with Gasteiger partial charge in [-0.25, -0.2) is 0 Å². The first-order valence-corrected chi connectivity index (χ1v) is 7.75. The van der Waals surface area contributed by atoms with Crippen molar-refractivity contribution in [3.63, 3.8) is 0 Å². The average molecular weight is 337 g/mol. The molecular weight excluding hydrogens is 322 g/mol. The van der Waals surface area contributed by atoms with Crippen molar-refractivity contribution in [3.8, 4) is 6.07 Å². The molecule has 1 aromatic carbocycles. The second-order valence-corrected chi connectivity index (χ2v) is 5.99. The van der Waals surface area contributed by atoms with Gasteiger partial charge < -0.3 is 9.73 Å². The first-order valence-electron chi connectivity index (χ1n) is 7.75. The van der Waals surface area contributed by atoms with Gasteiger partial charge in [0.1, 0.15) is 23.2 Å². The molecule has 1 fully saturated rings. The number of nitrogens with zero attached hydrogens (tertiary/aromatic N) is 2. The number of nitriles is 1. The van der Waals surface area contributed by atoms with E-state index in [1.807, 2.05) is 12.1 Å². The number of nitro benzene ring substituents is 1. The number of furan rings is 1. The van der Waals surface area contributed by atoms with Gasteiger partial charge in [-0.15, -0.1) is 0 Å². The number of hydrogen-bond acceptors (Lipinski definition) is 5. The minimum atomic E-state index is -0.652. The predicted molar refractivity (Wildman–Crippen MR) is 90.5 cm³/mol. The molecule has 1 saturated carbocycles. The Kier molecular flexibility index (Phi) is 4.35. The smallest absolute Gasteiger partial charge is 0.271 e. The van der Waals surface area contributed by atoms with Crippen LogP contribution in [-0.2, 0) is 4.79 Å². The van der Waals surface area contributed by atoms with Gasteiger partial charge in [0.05, 0.1) is 4.92 Å². The van der Waals surface area contributed by atoms with E-state index >= 15 is 0 Å². The maximum Gasteiger partial charge on any atom is 0.271 e. The molecule has 7 heteroatoms. The van der Waals surface area contributed by atoms with E-state index in [0.29, 0.717) is 17.6 Å². The number of carbonyl (C=O) groups is 1. The minimum absolute atomic E-state index is 0.142. The van der Waals surface area contributed by atoms with Crippen LogP contribution in [0.5, 0.6) is 0 Å². The summed E-state index contributed by atoms with van der Waals surface area (Å²) in [6.45, 7) is 2.13. The quantitative estimate of drug-likeness (QED) is 0.385. The lowest BCUT2D eigenvalue weighted by atomic mass is 10.2. The number of hydrogen-bond donors (Lipinski definition) is 1. The molecule has 25 heavy (non-hydrogen) atoms. The Morgan fingerprint density at radius 2 is 2.20 bits per heavy atom. The van der Waals surface area contributed by atoms with E-state index in [9.17, 15) is 20.2 Å². The van der Waals surface area contributed by atoms with Crippen LogP contribution >= 0.6 is 0 Å². The van der Waals surface area contributed by atoms with Crippen LogP contribution < -0.4 is 5.32 Å². The van der Waals surface area contributed by atoms with Crippen LogP contribution in [0.4, 0.5) is 11.4 Å². The first kappa shape index (κ1) is 16.5. The molecule has 2 aromatic rings. The monoisotopic (exact) mass is 337 g/mol. The van der Waals surface area contributed by atoms with Gasteiger partial charge in [-0.05, 0) is 30.5 Å². The van der Waals surface area contributed by atoms with Crippen molar-refractivity contribution in [2.75, 3.05) is 5.32 Å². The highest BCUT2D eigenvalue weighted by molar-refractivity contribution is 6.09. The van der Waals surface area contributed by atoms with Gasteiger partial charge in [0.2, 0.25) is 0 Å². The molecule has 2 unspecified atom stereocenters. The summed E-state index contributed by atoms with van der Waals surface area (Å²) in [6, 6.07) is 10.9. The van der Waals surface area contributed by atoms with E-state index in [4.69, 9.17) is 4.42 Å². The maximum absolute atomic E-state index is 12.2. The Labute approximate surface area is 143 Å². The van der Waals surface area contributed by atoms with Crippen LogP contribution in [0.2, 0.25) is 0 Å². The van der Waals surface area contributed by atoms with Crippen LogP contribution in [0, 0.1) is 27.4 Å². The fourth-order valence-electron chi connectivity index (χ4n) is 2.55. The van der Waals surface area contributed by atoms with Crippen molar-refractivity contribution < 1.29 is 14.1 Å². The number of rotatable bonds is 5. The number of anilines is 1. The van der Waals surface area contributed by atoms with Crippen LogP contribution in [0.15, 0.2) is 46.4 Å². The molecule has 0 bridgehead atoms. The van der Waals surface area contributed by atoms with Gasteiger partial charge in [0, 0.05) is 29.8 Å². The van der Waals surface area contributed by atoms with Crippen molar-refractivity contribution >= 4 is 23.4 Å². The summed E-state index contributed by atoms with van der Waals surface area (Å²) in [4.78, 5) is 22.4. The van der Waals surface area contributed by atoms with Crippen molar-refractivity contribution in [3.05, 3.63) is 63.6 Å². The zero-order valence-electron chi connectivity index (χ0n) is 13.4. The molecule has 0 radical (unpaired) electrons. The minimum Gasteiger partial charge on any atom is -0.461 e. The summed E-state index contributed by atoms with van der Waals surface area (Å²) in [5, 5.41) is 22.5. The van der Waals surface area contributed by atoms with Crippen LogP contribution in [0.3, 0.4) is 0 Å². The van der Waals surface area contributed by atoms with Gasteiger partial charge in [-0.2, -0.15) is 5.26 Å². The van der Waals surface area contributed by atoms with Gasteiger partial charge >= 0.3 is 0 Å². The predicted octanol–water partition coefficient (Wildman–Crippen LogP) is 3.86. The van der Waals surface area contributed by atoms with E-state index in [0.717, 1.165) is 12.2 Å². The van der Waals surface area contributed by atoms with Gasteiger partial charge in [0.25, 0.3) is 11.6 Å². The lowest BCUT2D eigenvalue weighted by Gasteiger charge is -2.03. The van der Waals surface area contributed by atoms with Crippen molar-refractivity contribution in [2.24, 2.45) is 5.92 Å². The fourth-order valence-corrected chi connectivity index (χ4v) is 2.55. The fraction of sp³-hybridized carbons (Fsp3) is 0.222. The molecule has 1 amide bonds. The Morgan fingerprint density at radius 3 is 2.84 bits per heavy atom. The van der Waals surface area contributed by atoms with E-state index in [-0.39, 0.29) is 16.9 Å². The van der Waals surface area contributed by atoms with E-state index in [1.165, 1.54) is 30.3 Å². The summed E-state index contributed by atoms with van der Waals surface area (Å²) in [7, 11) is 0. The summed E-state index contributed by atoms with van der Waals surface area (Å²) < 4.78 is 5.66. The number of non-ortho nitro benzene ring substituents is 1. The first-order chi connectivity index (χ1) is 12.0. The SMILES string of the molecule is CC1CC1c1ccc(/C=C(\C#N)C(=O)Nc2cccc([N+](=O)[O-])c2)o1. The highest BCUT2D eigenvalue weighted by Crippen LogP contribution is 2.47.